The Morgan fingerprint density at radius 1 is 1.06 bits per heavy atom. The summed E-state index contributed by atoms with van der Waals surface area (Å²) >= 11 is 0. The molecule has 1 aromatic heterocycles. The minimum absolute atomic E-state index is 0.281. The van der Waals surface area contributed by atoms with Gasteiger partial charge >= 0.3 is 0 Å². The normalized spacial score (nSPS) is 10.1. The zero-order chi connectivity index (χ0) is 12.1. The second-order valence-electron chi connectivity index (χ2n) is 3.91. The van der Waals surface area contributed by atoms with Gasteiger partial charge in [-0.25, -0.2) is 0 Å². The van der Waals surface area contributed by atoms with Gasteiger partial charge in [-0.1, -0.05) is 30.3 Å². The molecule has 0 atom stereocenters. The van der Waals surface area contributed by atoms with Gasteiger partial charge in [0.25, 0.3) is 0 Å². The average molecular weight is 226 g/mol. The molecule has 3 heteroatoms. The van der Waals surface area contributed by atoms with Crippen LogP contribution >= 0.6 is 0 Å². The molecule has 0 saturated heterocycles. The summed E-state index contributed by atoms with van der Waals surface area (Å²) in [6.45, 7) is 0. The fourth-order valence-corrected chi connectivity index (χ4v) is 1.79. The number of primary amides is 1. The molecule has 0 aliphatic rings. The minimum Gasteiger partial charge on any atom is -0.369 e. The number of nitrogens with two attached hydrogens (primary N) is 1. The van der Waals surface area contributed by atoms with Crippen LogP contribution in [-0.2, 0) is 17.6 Å². The van der Waals surface area contributed by atoms with Gasteiger partial charge in [0.2, 0.25) is 5.91 Å². The van der Waals surface area contributed by atoms with Crippen LogP contribution in [0.5, 0.6) is 0 Å². The molecule has 0 fully saturated rings. The van der Waals surface area contributed by atoms with Crippen LogP contribution in [0.3, 0.4) is 0 Å². The van der Waals surface area contributed by atoms with Crippen LogP contribution in [0.1, 0.15) is 16.8 Å². The number of rotatable bonds is 4. The number of hydrogen-bond acceptors (Lipinski definition) is 2. The number of pyridine rings is 1. The molecule has 0 saturated carbocycles. The molecular weight excluding hydrogens is 212 g/mol. The summed E-state index contributed by atoms with van der Waals surface area (Å²) in [7, 11) is 0. The van der Waals surface area contributed by atoms with Gasteiger partial charge in [0.1, 0.15) is 0 Å². The van der Waals surface area contributed by atoms with Crippen molar-refractivity contribution in [1.82, 2.24) is 4.98 Å². The van der Waals surface area contributed by atoms with E-state index < -0.39 is 0 Å². The van der Waals surface area contributed by atoms with Crippen LogP contribution < -0.4 is 5.73 Å². The van der Waals surface area contributed by atoms with Crippen LogP contribution in [0.15, 0.2) is 48.7 Å². The van der Waals surface area contributed by atoms with Gasteiger partial charge in [0.15, 0.2) is 0 Å². The van der Waals surface area contributed by atoms with Crippen molar-refractivity contribution in [2.24, 2.45) is 5.73 Å². The van der Waals surface area contributed by atoms with Gasteiger partial charge in [-0.15, -0.1) is 0 Å². The van der Waals surface area contributed by atoms with Crippen LogP contribution in [0.25, 0.3) is 0 Å². The molecular formula is C14H14N2O. The first-order chi connectivity index (χ1) is 8.25. The van der Waals surface area contributed by atoms with Crippen LogP contribution in [-0.4, -0.2) is 10.9 Å². The zero-order valence-electron chi connectivity index (χ0n) is 9.47. The van der Waals surface area contributed by atoms with E-state index in [4.69, 9.17) is 5.73 Å². The van der Waals surface area contributed by atoms with Crippen molar-refractivity contribution in [3.05, 3.63) is 65.5 Å². The Bertz CT molecular complexity index is 509. The molecule has 2 aromatic rings. The highest BCUT2D eigenvalue weighted by Gasteiger charge is 2.05. The lowest BCUT2D eigenvalue weighted by molar-refractivity contribution is -0.117. The number of aromatic nitrogens is 1. The van der Waals surface area contributed by atoms with Crippen molar-refractivity contribution in [3.63, 3.8) is 0 Å². The molecule has 1 amide bonds. The highest BCUT2D eigenvalue weighted by molar-refractivity contribution is 5.77. The van der Waals surface area contributed by atoms with E-state index in [0.29, 0.717) is 0 Å². The van der Waals surface area contributed by atoms with Crippen molar-refractivity contribution < 1.29 is 4.79 Å². The van der Waals surface area contributed by atoms with Gasteiger partial charge in [-0.3, -0.25) is 9.78 Å². The summed E-state index contributed by atoms with van der Waals surface area (Å²) in [6.07, 6.45) is 2.78. The van der Waals surface area contributed by atoms with E-state index in [-0.39, 0.29) is 12.3 Å². The number of benzene rings is 1. The third kappa shape index (κ3) is 3.14. The fourth-order valence-electron chi connectivity index (χ4n) is 1.79. The first-order valence-electron chi connectivity index (χ1n) is 5.50. The second-order valence-corrected chi connectivity index (χ2v) is 3.91. The zero-order valence-corrected chi connectivity index (χ0v) is 9.47. The number of carbonyl (C=O) groups excluding carboxylic acids is 1. The molecule has 1 aromatic carbocycles. The van der Waals surface area contributed by atoms with E-state index in [1.165, 1.54) is 0 Å². The Morgan fingerprint density at radius 2 is 1.76 bits per heavy atom. The maximum atomic E-state index is 11.0. The molecule has 2 rings (SSSR count). The van der Waals surface area contributed by atoms with Crippen LogP contribution in [0, 0.1) is 0 Å². The lowest BCUT2D eigenvalue weighted by Crippen LogP contribution is -2.15. The fraction of sp³-hybridized carbons (Fsp3) is 0.143. The highest BCUT2D eigenvalue weighted by Crippen LogP contribution is 2.13. The van der Waals surface area contributed by atoms with Crippen molar-refractivity contribution in [3.8, 4) is 0 Å². The Morgan fingerprint density at radius 3 is 2.41 bits per heavy atom. The highest BCUT2D eigenvalue weighted by atomic mass is 16.1. The monoisotopic (exact) mass is 226 g/mol. The van der Waals surface area contributed by atoms with Crippen molar-refractivity contribution in [1.29, 1.82) is 0 Å². The minimum atomic E-state index is -0.307. The molecule has 86 valence electrons. The molecule has 3 nitrogen and oxygen atoms in total. The van der Waals surface area contributed by atoms with E-state index in [1.807, 2.05) is 42.5 Å². The van der Waals surface area contributed by atoms with E-state index >= 15 is 0 Å². The topological polar surface area (TPSA) is 56.0 Å². The third-order valence-corrected chi connectivity index (χ3v) is 2.58. The number of amides is 1. The Balaban J connectivity index is 2.23. The van der Waals surface area contributed by atoms with E-state index in [9.17, 15) is 4.79 Å². The standard InChI is InChI=1S/C14H14N2O/c15-14(17)10-12-6-2-1-5-11(12)9-13-7-3-4-8-16-13/h1-8H,9-10H2,(H2,15,17). The Kier molecular flexibility index (Phi) is 3.50. The molecule has 0 bridgehead atoms. The number of hydrogen-bond donors (Lipinski definition) is 1. The Hall–Kier alpha value is -2.16. The van der Waals surface area contributed by atoms with Gasteiger partial charge in [0, 0.05) is 18.3 Å². The largest absolute Gasteiger partial charge is 0.369 e. The molecule has 2 N–H and O–H groups in total. The maximum Gasteiger partial charge on any atom is 0.221 e. The van der Waals surface area contributed by atoms with Crippen LogP contribution in [0.4, 0.5) is 0 Å². The molecule has 0 spiro atoms. The smallest absolute Gasteiger partial charge is 0.221 e. The predicted molar refractivity (Wildman–Crippen MR) is 66.4 cm³/mol. The lowest BCUT2D eigenvalue weighted by Gasteiger charge is -2.07. The summed E-state index contributed by atoms with van der Waals surface area (Å²) in [6, 6.07) is 13.6. The van der Waals surface area contributed by atoms with Crippen molar-refractivity contribution >= 4 is 5.91 Å². The van der Waals surface area contributed by atoms with Gasteiger partial charge in [-0.05, 0) is 23.3 Å². The third-order valence-electron chi connectivity index (χ3n) is 2.58. The summed E-state index contributed by atoms with van der Waals surface area (Å²) in [4.78, 5) is 15.3. The molecule has 1 heterocycles. The summed E-state index contributed by atoms with van der Waals surface area (Å²) in [5, 5.41) is 0. The first kappa shape index (κ1) is 11.3. The van der Waals surface area contributed by atoms with Crippen molar-refractivity contribution in [2.75, 3.05) is 0 Å². The summed E-state index contributed by atoms with van der Waals surface area (Å²) < 4.78 is 0. The van der Waals surface area contributed by atoms with Crippen molar-refractivity contribution in [2.45, 2.75) is 12.8 Å². The van der Waals surface area contributed by atoms with Gasteiger partial charge in [0.05, 0.1) is 6.42 Å². The van der Waals surface area contributed by atoms with E-state index in [0.717, 1.165) is 23.2 Å². The van der Waals surface area contributed by atoms with Gasteiger partial charge in [-0.2, -0.15) is 0 Å². The molecule has 0 unspecified atom stereocenters. The van der Waals surface area contributed by atoms with E-state index in [2.05, 4.69) is 4.98 Å². The second kappa shape index (κ2) is 5.25. The van der Waals surface area contributed by atoms with Gasteiger partial charge < -0.3 is 5.73 Å². The van der Waals surface area contributed by atoms with Crippen LogP contribution in [0.2, 0.25) is 0 Å². The number of carbonyl (C=O) groups is 1. The molecule has 0 aliphatic carbocycles. The quantitative estimate of drug-likeness (QED) is 0.862. The molecule has 17 heavy (non-hydrogen) atoms. The molecule has 0 aliphatic heterocycles. The first-order valence-corrected chi connectivity index (χ1v) is 5.50. The maximum absolute atomic E-state index is 11.0. The number of nitrogens with zero attached hydrogens (tertiary/aromatic N) is 1. The SMILES string of the molecule is NC(=O)Cc1ccccc1Cc1ccccn1. The van der Waals surface area contributed by atoms with E-state index in [1.54, 1.807) is 6.20 Å². The molecule has 0 radical (unpaired) electrons. The summed E-state index contributed by atoms with van der Waals surface area (Å²) in [5.41, 5.74) is 8.30. The summed E-state index contributed by atoms with van der Waals surface area (Å²) in [5.74, 6) is -0.307. The Labute approximate surface area is 100 Å². The average Bonchev–Trinajstić information content (AvgIpc) is 2.32. The lowest BCUT2D eigenvalue weighted by atomic mass is 10.00. The predicted octanol–water partition coefficient (Wildman–Crippen LogP) is 1.70.